The summed E-state index contributed by atoms with van der Waals surface area (Å²) in [6, 6.07) is 8.12. The highest BCUT2D eigenvalue weighted by molar-refractivity contribution is 5.56. The third-order valence-electron chi connectivity index (χ3n) is 2.97. The molecule has 2 heteroatoms. The molecular formula is C13H19NO. The third-order valence-corrected chi connectivity index (χ3v) is 2.97. The average Bonchev–Trinajstić information content (AvgIpc) is 2.14. The van der Waals surface area contributed by atoms with Gasteiger partial charge in [-0.3, -0.25) is 0 Å². The van der Waals surface area contributed by atoms with Gasteiger partial charge < -0.3 is 10.0 Å². The fourth-order valence-corrected chi connectivity index (χ4v) is 2.29. The molecule has 1 heterocycles. The van der Waals surface area contributed by atoms with Crippen LogP contribution in [0.5, 0.6) is 0 Å². The Morgan fingerprint density at radius 2 is 1.87 bits per heavy atom. The monoisotopic (exact) mass is 205 g/mol. The van der Waals surface area contributed by atoms with Crippen molar-refractivity contribution in [2.75, 3.05) is 18.0 Å². The maximum Gasteiger partial charge on any atom is 0.0781 e. The van der Waals surface area contributed by atoms with Crippen LogP contribution in [0.3, 0.4) is 0 Å². The molecule has 1 aromatic carbocycles. The van der Waals surface area contributed by atoms with E-state index in [1.165, 1.54) is 5.69 Å². The molecule has 0 saturated carbocycles. The zero-order valence-corrected chi connectivity index (χ0v) is 9.70. The minimum atomic E-state index is -0.384. The van der Waals surface area contributed by atoms with Gasteiger partial charge in [-0.05, 0) is 18.4 Å². The van der Waals surface area contributed by atoms with E-state index in [0.717, 1.165) is 18.7 Å². The highest BCUT2D eigenvalue weighted by Crippen LogP contribution is 2.36. The summed E-state index contributed by atoms with van der Waals surface area (Å²) in [6.45, 7) is 8.53. The Morgan fingerprint density at radius 3 is 2.40 bits per heavy atom. The molecule has 0 amide bonds. The normalized spacial score (nSPS) is 20.9. The summed E-state index contributed by atoms with van der Waals surface area (Å²) < 4.78 is 0. The molecule has 0 aliphatic carbocycles. The molecule has 1 saturated heterocycles. The highest BCUT2D eigenvalue weighted by Gasteiger charge is 2.35. The van der Waals surface area contributed by atoms with Gasteiger partial charge in [0.15, 0.2) is 0 Å². The topological polar surface area (TPSA) is 23.5 Å². The van der Waals surface area contributed by atoms with E-state index < -0.39 is 0 Å². The molecular weight excluding hydrogens is 186 g/mol. The molecule has 1 aliphatic rings. The van der Waals surface area contributed by atoms with Gasteiger partial charge in [0.2, 0.25) is 0 Å². The number of aliphatic hydroxyl groups is 1. The van der Waals surface area contributed by atoms with Crippen LogP contribution in [0.25, 0.3) is 0 Å². The molecule has 15 heavy (non-hydrogen) atoms. The van der Waals surface area contributed by atoms with Crippen LogP contribution in [0, 0.1) is 5.41 Å². The highest BCUT2D eigenvalue weighted by atomic mass is 16.3. The van der Waals surface area contributed by atoms with Crippen LogP contribution in [0.2, 0.25) is 0 Å². The predicted octanol–water partition coefficient (Wildman–Crippen LogP) is 2.59. The summed E-state index contributed by atoms with van der Waals surface area (Å²) in [4.78, 5) is 2.34. The van der Waals surface area contributed by atoms with Crippen molar-refractivity contribution in [3.63, 3.8) is 0 Å². The van der Waals surface area contributed by atoms with Crippen molar-refractivity contribution >= 4 is 5.69 Å². The molecule has 1 fully saturated rings. The molecule has 82 valence electrons. The molecule has 1 aromatic rings. The van der Waals surface area contributed by atoms with Gasteiger partial charge in [-0.2, -0.15) is 0 Å². The summed E-state index contributed by atoms with van der Waals surface area (Å²) >= 11 is 0. The van der Waals surface area contributed by atoms with E-state index in [1.54, 1.807) is 0 Å². The van der Waals surface area contributed by atoms with Gasteiger partial charge in [0.25, 0.3) is 0 Å². The number of aliphatic hydroxyl groups excluding tert-OH is 1. The first-order valence-corrected chi connectivity index (χ1v) is 5.51. The molecule has 0 spiro atoms. The Morgan fingerprint density at radius 1 is 1.27 bits per heavy atom. The lowest BCUT2D eigenvalue weighted by molar-refractivity contribution is 0.197. The van der Waals surface area contributed by atoms with Gasteiger partial charge in [-0.1, -0.05) is 32.0 Å². The van der Waals surface area contributed by atoms with Crippen LogP contribution in [0.4, 0.5) is 5.69 Å². The minimum Gasteiger partial charge on any atom is -0.389 e. The molecule has 2 rings (SSSR count). The lowest BCUT2D eigenvalue weighted by Crippen LogP contribution is -2.53. The van der Waals surface area contributed by atoms with E-state index in [0.29, 0.717) is 5.41 Å². The quantitative estimate of drug-likeness (QED) is 0.802. The summed E-state index contributed by atoms with van der Waals surface area (Å²) in [6.07, 6.45) is -0.384. The van der Waals surface area contributed by atoms with Gasteiger partial charge in [-0.25, -0.2) is 0 Å². The van der Waals surface area contributed by atoms with Crippen LogP contribution >= 0.6 is 0 Å². The maximum atomic E-state index is 9.68. The lowest BCUT2D eigenvalue weighted by atomic mass is 9.83. The molecule has 0 bridgehead atoms. The molecule has 0 radical (unpaired) electrons. The Kier molecular flexibility index (Phi) is 2.47. The van der Waals surface area contributed by atoms with Crippen molar-refractivity contribution in [2.24, 2.45) is 5.41 Å². The third kappa shape index (κ3) is 2.00. The van der Waals surface area contributed by atoms with Crippen molar-refractivity contribution in [3.8, 4) is 0 Å². The average molecular weight is 205 g/mol. The molecule has 2 nitrogen and oxygen atoms in total. The Balaban J connectivity index is 2.22. The Bertz CT molecular complexity index is 349. The fourth-order valence-electron chi connectivity index (χ4n) is 2.29. The summed E-state index contributed by atoms with van der Waals surface area (Å²) in [5.74, 6) is 0. The number of benzene rings is 1. The number of rotatable bonds is 2. The van der Waals surface area contributed by atoms with Crippen LogP contribution in [-0.2, 0) is 0 Å². The van der Waals surface area contributed by atoms with Gasteiger partial charge in [0.1, 0.15) is 0 Å². The number of nitrogens with zero attached hydrogens (tertiary/aromatic N) is 1. The van der Waals surface area contributed by atoms with Crippen LogP contribution in [0.15, 0.2) is 24.3 Å². The molecule has 1 aliphatic heterocycles. The molecule has 1 atom stereocenters. The van der Waals surface area contributed by atoms with Crippen LogP contribution in [0.1, 0.15) is 32.4 Å². The Hall–Kier alpha value is -1.02. The van der Waals surface area contributed by atoms with Crippen LogP contribution < -0.4 is 4.90 Å². The SMILES string of the molecule is CC(O)c1ccccc1N1CC(C)(C)C1. The van der Waals surface area contributed by atoms with E-state index in [-0.39, 0.29) is 6.10 Å². The van der Waals surface area contributed by atoms with Crippen molar-refractivity contribution in [1.82, 2.24) is 0 Å². The van der Waals surface area contributed by atoms with E-state index in [1.807, 2.05) is 25.1 Å². The number of hydrogen-bond donors (Lipinski definition) is 1. The van der Waals surface area contributed by atoms with Gasteiger partial charge in [0, 0.05) is 24.3 Å². The second kappa shape index (κ2) is 3.53. The zero-order valence-electron chi connectivity index (χ0n) is 9.70. The van der Waals surface area contributed by atoms with E-state index in [9.17, 15) is 5.11 Å². The van der Waals surface area contributed by atoms with Crippen LogP contribution in [-0.4, -0.2) is 18.2 Å². The van der Waals surface area contributed by atoms with E-state index in [4.69, 9.17) is 0 Å². The van der Waals surface area contributed by atoms with Crippen molar-refractivity contribution in [2.45, 2.75) is 26.9 Å². The summed E-state index contributed by atoms with van der Waals surface area (Å²) in [5, 5.41) is 9.68. The minimum absolute atomic E-state index is 0.384. The number of anilines is 1. The lowest BCUT2D eigenvalue weighted by Gasteiger charge is -2.48. The molecule has 0 aromatic heterocycles. The van der Waals surface area contributed by atoms with Crippen molar-refractivity contribution < 1.29 is 5.11 Å². The second-order valence-electron chi connectivity index (χ2n) is 5.26. The largest absolute Gasteiger partial charge is 0.389 e. The Labute approximate surface area is 91.5 Å². The first-order chi connectivity index (χ1) is 6.99. The first-order valence-electron chi connectivity index (χ1n) is 5.51. The zero-order chi connectivity index (χ0) is 11.1. The first kappa shape index (κ1) is 10.5. The summed E-state index contributed by atoms with van der Waals surface area (Å²) in [5.41, 5.74) is 2.64. The van der Waals surface area contributed by atoms with E-state index >= 15 is 0 Å². The smallest absolute Gasteiger partial charge is 0.0781 e. The summed E-state index contributed by atoms with van der Waals surface area (Å²) in [7, 11) is 0. The van der Waals surface area contributed by atoms with Crippen molar-refractivity contribution in [1.29, 1.82) is 0 Å². The van der Waals surface area contributed by atoms with Gasteiger partial charge in [-0.15, -0.1) is 0 Å². The number of hydrogen-bond acceptors (Lipinski definition) is 2. The maximum absolute atomic E-state index is 9.68. The molecule has 1 unspecified atom stereocenters. The van der Waals surface area contributed by atoms with E-state index in [2.05, 4.69) is 24.8 Å². The standard InChI is InChI=1S/C13H19NO/c1-10(15)11-6-4-5-7-12(11)14-8-13(2,3)9-14/h4-7,10,15H,8-9H2,1-3H3. The fraction of sp³-hybridized carbons (Fsp3) is 0.538. The van der Waals surface area contributed by atoms with Crippen molar-refractivity contribution in [3.05, 3.63) is 29.8 Å². The van der Waals surface area contributed by atoms with Gasteiger partial charge >= 0.3 is 0 Å². The number of para-hydroxylation sites is 1. The van der Waals surface area contributed by atoms with Gasteiger partial charge in [0.05, 0.1) is 6.10 Å². The second-order valence-corrected chi connectivity index (χ2v) is 5.26. The predicted molar refractivity (Wildman–Crippen MR) is 63.1 cm³/mol. The molecule has 1 N–H and O–H groups in total.